The number of rotatable bonds is 3. The smallest absolute Gasteiger partial charge is 0.319 e. The number of hydrogen-bond donors (Lipinski definition) is 0. The average Bonchev–Trinajstić information content (AvgIpc) is 2.48. The first-order valence-electron chi connectivity index (χ1n) is 6.93. The predicted molar refractivity (Wildman–Crippen MR) is 71.5 cm³/mol. The lowest BCUT2D eigenvalue weighted by Gasteiger charge is -2.36. The van der Waals surface area contributed by atoms with Gasteiger partial charge in [-0.05, 0) is 19.3 Å². The topological polar surface area (TPSA) is 49.9 Å². The zero-order valence-electron chi connectivity index (χ0n) is 11.5. The lowest BCUT2D eigenvalue weighted by molar-refractivity contribution is -0.143. The Bertz CT molecular complexity index is 360. The second-order valence-corrected chi connectivity index (χ2v) is 5.16. The van der Waals surface area contributed by atoms with E-state index in [1.165, 1.54) is 7.11 Å². The van der Waals surface area contributed by atoms with Gasteiger partial charge in [0.25, 0.3) is 0 Å². The Morgan fingerprint density at radius 1 is 1.21 bits per heavy atom. The van der Waals surface area contributed by atoms with Crippen molar-refractivity contribution in [2.24, 2.45) is 5.92 Å². The molecule has 1 amide bonds. The van der Waals surface area contributed by atoms with Crippen molar-refractivity contribution in [3.63, 3.8) is 0 Å². The third-order valence-corrected chi connectivity index (χ3v) is 3.88. The molecule has 1 unspecified atom stereocenters. The normalized spacial score (nSPS) is 24.3. The van der Waals surface area contributed by atoms with Crippen molar-refractivity contribution < 1.29 is 14.3 Å². The van der Waals surface area contributed by atoms with Crippen LogP contribution in [0.25, 0.3) is 0 Å². The zero-order chi connectivity index (χ0) is 13.7. The number of carbonyl (C=O) groups is 2. The van der Waals surface area contributed by atoms with Gasteiger partial charge in [-0.3, -0.25) is 14.5 Å². The van der Waals surface area contributed by atoms with Gasteiger partial charge < -0.3 is 9.64 Å². The van der Waals surface area contributed by atoms with E-state index in [2.05, 4.69) is 16.9 Å². The van der Waals surface area contributed by atoms with Crippen molar-refractivity contribution in [3.05, 3.63) is 12.2 Å². The second-order valence-electron chi connectivity index (χ2n) is 5.16. The highest BCUT2D eigenvalue weighted by atomic mass is 16.5. The van der Waals surface area contributed by atoms with Gasteiger partial charge in [-0.2, -0.15) is 0 Å². The molecule has 19 heavy (non-hydrogen) atoms. The summed E-state index contributed by atoms with van der Waals surface area (Å²) in [6, 6.07) is 0. The van der Waals surface area contributed by atoms with Gasteiger partial charge in [0.2, 0.25) is 5.91 Å². The van der Waals surface area contributed by atoms with Crippen molar-refractivity contribution in [1.82, 2.24) is 9.80 Å². The van der Waals surface area contributed by atoms with Gasteiger partial charge in [0, 0.05) is 32.1 Å². The molecule has 0 radical (unpaired) electrons. The summed E-state index contributed by atoms with van der Waals surface area (Å²) in [5.74, 6) is 0.233. The van der Waals surface area contributed by atoms with E-state index in [1.807, 2.05) is 9.80 Å². The number of allylic oxidation sites excluding steroid dienone is 2. The summed E-state index contributed by atoms with van der Waals surface area (Å²) in [5, 5.41) is 0. The quantitative estimate of drug-likeness (QED) is 0.556. The number of esters is 1. The summed E-state index contributed by atoms with van der Waals surface area (Å²) < 4.78 is 4.65. The van der Waals surface area contributed by atoms with Crippen LogP contribution >= 0.6 is 0 Å². The summed E-state index contributed by atoms with van der Waals surface area (Å²) in [6.45, 7) is 3.27. The Balaban J connectivity index is 1.77. The summed E-state index contributed by atoms with van der Waals surface area (Å²) in [4.78, 5) is 27.5. The zero-order valence-corrected chi connectivity index (χ0v) is 11.5. The average molecular weight is 266 g/mol. The van der Waals surface area contributed by atoms with Crippen LogP contribution in [0, 0.1) is 5.92 Å². The second kappa shape index (κ2) is 6.70. The van der Waals surface area contributed by atoms with Crippen LogP contribution in [0.4, 0.5) is 0 Å². The molecule has 0 spiro atoms. The predicted octanol–water partition coefficient (Wildman–Crippen LogP) is 0.660. The first kappa shape index (κ1) is 14.1. The van der Waals surface area contributed by atoms with Crippen molar-refractivity contribution >= 4 is 11.9 Å². The van der Waals surface area contributed by atoms with Crippen molar-refractivity contribution in [2.75, 3.05) is 39.8 Å². The van der Waals surface area contributed by atoms with Gasteiger partial charge in [0.15, 0.2) is 0 Å². The fourth-order valence-electron chi connectivity index (χ4n) is 2.65. The van der Waals surface area contributed by atoms with Crippen molar-refractivity contribution in [1.29, 1.82) is 0 Å². The van der Waals surface area contributed by atoms with Crippen LogP contribution in [0.1, 0.15) is 19.3 Å². The molecular weight excluding hydrogens is 244 g/mol. The van der Waals surface area contributed by atoms with E-state index >= 15 is 0 Å². The summed E-state index contributed by atoms with van der Waals surface area (Å²) >= 11 is 0. The van der Waals surface area contributed by atoms with Crippen molar-refractivity contribution in [3.8, 4) is 0 Å². The van der Waals surface area contributed by atoms with Gasteiger partial charge in [0.1, 0.15) is 0 Å². The Hall–Kier alpha value is -1.36. The molecule has 1 heterocycles. The molecule has 1 atom stereocenters. The molecule has 2 aliphatic rings. The number of ether oxygens (including phenoxy) is 1. The van der Waals surface area contributed by atoms with E-state index in [1.54, 1.807) is 0 Å². The van der Waals surface area contributed by atoms with Crippen LogP contribution in [0.15, 0.2) is 12.2 Å². The number of amides is 1. The van der Waals surface area contributed by atoms with Crippen LogP contribution in [-0.2, 0) is 14.3 Å². The van der Waals surface area contributed by atoms with Gasteiger partial charge in [-0.25, -0.2) is 0 Å². The highest BCUT2D eigenvalue weighted by Crippen LogP contribution is 2.21. The van der Waals surface area contributed by atoms with Gasteiger partial charge in [-0.15, -0.1) is 0 Å². The fraction of sp³-hybridized carbons (Fsp3) is 0.714. The van der Waals surface area contributed by atoms with Crippen LogP contribution in [0.5, 0.6) is 0 Å². The van der Waals surface area contributed by atoms with Crippen molar-refractivity contribution in [2.45, 2.75) is 19.3 Å². The number of nitrogens with zero attached hydrogens (tertiary/aromatic N) is 2. The standard InChI is InChI=1S/C14H22N2O3/c1-19-13(17)11-15-7-9-16(10-8-15)14(18)12-5-3-2-4-6-12/h2-3,12H,4-11H2,1H3. The van der Waals surface area contributed by atoms with Crippen LogP contribution in [0.3, 0.4) is 0 Å². The fourth-order valence-corrected chi connectivity index (χ4v) is 2.65. The maximum Gasteiger partial charge on any atom is 0.319 e. The first-order chi connectivity index (χ1) is 9.20. The summed E-state index contributed by atoms with van der Waals surface area (Å²) in [7, 11) is 1.40. The molecule has 0 N–H and O–H groups in total. The van der Waals surface area contributed by atoms with Crippen LogP contribution in [-0.4, -0.2) is 61.5 Å². The number of hydrogen-bond acceptors (Lipinski definition) is 4. The Kier molecular flexibility index (Phi) is 4.96. The van der Waals surface area contributed by atoms with E-state index in [-0.39, 0.29) is 17.8 Å². The Morgan fingerprint density at radius 3 is 2.53 bits per heavy atom. The van der Waals surface area contributed by atoms with E-state index in [0.29, 0.717) is 6.54 Å². The van der Waals surface area contributed by atoms with Gasteiger partial charge in [-0.1, -0.05) is 12.2 Å². The van der Waals surface area contributed by atoms with E-state index < -0.39 is 0 Å². The van der Waals surface area contributed by atoms with Gasteiger partial charge >= 0.3 is 5.97 Å². The maximum atomic E-state index is 12.3. The molecule has 106 valence electrons. The molecule has 0 aromatic rings. The molecule has 5 heteroatoms. The van der Waals surface area contributed by atoms with Crippen LogP contribution < -0.4 is 0 Å². The largest absolute Gasteiger partial charge is 0.468 e. The molecule has 1 aliphatic heterocycles. The molecule has 5 nitrogen and oxygen atoms in total. The third kappa shape index (κ3) is 3.80. The monoisotopic (exact) mass is 266 g/mol. The first-order valence-corrected chi connectivity index (χ1v) is 6.93. The molecule has 1 fully saturated rings. The molecular formula is C14H22N2O3. The van der Waals surface area contributed by atoms with E-state index in [9.17, 15) is 9.59 Å². The Morgan fingerprint density at radius 2 is 1.95 bits per heavy atom. The Labute approximate surface area is 114 Å². The highest BCUT2D eigenvalue weighted by Gasteiger charge is 2.27. The van der Waals surface area contributed by atoms with Gasteiger partial charge in [0.05, 0.1) is 13.7 Å². The summed E-state index contributed by atoms with van der Waals surface area (Å²) in [5.41, 5.74) is 0. The number of methoxy groups -OCH3 is 1. The minimum absolute atomic E-state index is 0.164. The lowest BCUT2D eigenvalue weighted by Crippen LogP contribution is -2.51. The highest BCUT2D eigenvalue weighted by molar-refractivity contribution is 5.79. The molecule has 0 saturated carbocycles. The molecule has 1 aliphatic carbocycles. The molecule has 0 bridgehead atoms. The molecule has 1 saturated heterocycles. The molecule has 2 rings (SSSR count). The molecule has 0 aromatic heterocycles. The minimum Gasteiger partial charge on any atom is -0.468 e. The SMILES string of the molecule is COC(=O)CN1CCN(C(=O)C2CC=CCC2)CC1. The number of piperazine rings is 1. The number of carbonyl (C=O) groups excluding carboxylic acids is 2. The lowest BCUT2D eigenvalue weighted by atomic mass is 9.93. The third-order valence-electron chi connectivity index (χ3n) is 3.88. The maximum absolute atomic E-state index is 12.3. The van der Waals surface area contributed by atoms with E-state index in [4.69, 9.17) is 0 Å². The summed E-state index contributed by atoms with van der Waals surface area (Å²) in [6.07, 6.45) is 7.12. The minimum atomic E-state index is -0.211. The van der Waals surface area contributed by atoms with E-state index in [0.717, 1.165) is 45.4 Å². The van der Waals surface area contributed by atoms with Crippen LogP contribution in [0.2, 0.25) is 0 Å². The molecule has 0 aromatic carbocycles.